The minimum Gasteiger partial charge on any atom is -0.507 e. The Kier molecular flexibility index (Phi) is 8.47. The highest BCUT2D eigenvalue weighted by Gasteiger charge is 2.49. The van der Waals surface area contributed by atoms with E-state index >= 15 is 0 Å². The number of carbonyl (C=O) groups excluding carboxylic acids is 2. The summed E-state index contributed by atoms with van der Waals surface area (Å²) >= 11 is 0. The number of carbonyl (C=O) groups is 2. The maximum Gasteiger partial charge on any atom is 0.202 e. The number of ketones is 2. The molecule has 0 amide bonds. The van der Waals surface area contributed by atoms with Gasteiger partial charge in [0.15, 0.2) is 12.1 Å². The van der Waals surface area contributed by atoms with Gasteiger partial charge in [-0.25, -0.2) is 0 Å². The standard InChI is InChI=1S/C29H35NO10.ClH/c1-12-24(32)16(30(3)4)9-19(39-12)40-18-11-29(37,13(2)31)10-15-21(18)28(36)23-22(26(15)34)25(33)14-7-6-8-17(38-5)20(14)27(23)35;/h6-8,12-13,16,18-19,24,31-32,34,36-37H,9-11H2,1-5H3;1H/t12?,13?,16?,18-,19?,24?,29-;/m0./s1. The molecule has 7 atom stereocenters. The second kappa shape index (κ2) is 11.1. The zero-order valence-corrected chi connectivity index (χ0v) is 24.3. The van der Waals surface area contributed by atoms with Gasteiger partial charge in [0.05, 0.1) is 53.8 Å². The number of hydrogen-bond acceptors (Lipinski definition) is 11. The summed E-state index contributed by atoms with van der Waals surface area (Å²) in [7, 11) is 4.99. The molecule has 0 spiro atoms. The van der Waals surface area contributed by atoms with E-state index in [2.05, 4.69) is 0 Å². The zero-order valence-electron chi connectivity index (χ0n) is 23.5. The van der Waals surface area contributed by atoms with Gasteiger partial charge in [-0.15, -0.1) is 12.4 Å². The minimum absolute atomic E-state index is 0. The summed E-state index contributed by atoms with van der Waals surface area (Å²) < 4.78 is 17.5. The smallest absolute Gasteiger partial charge is 0.202 e. The largest absolute Gasteiger partial charge is 0.507 e. The quantitative estimate of drug-likeness (QED) is 0.274. The fourth-order valence-electron chi connectivity index (χ4n) is 6.19. The highest BCUT2D eigenvalue weighted by atomic mass is 35.5. The predicted molar refractivity (Wildman–Crippen MR) is 148 cm³/mol. The number of phenols is 2. The molecule has 41 heavy (non-hydrogen) atoms. The van der Waals surface area contributed by atoms with Crippen molar-refractivity contribution < 1.29 is 49.3 Å². The monoisotopic (exact) mass is 593 g/mol. The normalized spacial score (nSPS) is 29.7. The van der Waals surface area contributed by atoms with E-state index in [4.69, 9.17) is 14.2 Å². The van der Waals surface area contributed by atoms with Crippen LogP contribution in [0.3, 0.4) is 0 Å². The van der Waals surface area contributed by atoms with Crippen LogP contribution in [-0.4, -0.2) is 99.4 Å². The van der Waals surface area contributed by atoms with Crippen LogP contribution >= 0.6 is 12.4 Å². The summed E-state index contributed by atoms with van der Waals surface area (Å²) in [6.07, 6.45) is -4.95. The third-order valence-corrected chi connectivity index (χ3v) is 8.54. The molecule has 1 heterocycles. The van der Waals surface area contributed by atoms with Crippen LogP contribution in [0.2, 0.25) is 0 Å². The van der Waals surface area contributed by atoms with E-state index in [0.717, 1.165) is 0 Å². The summed E-state index contributed by atoms with van der Waals surface area (Å²) in [5, 5.41) is 55.5. The number of halogens is 1. The average molecular weight is 594 g/mol. The van der Waals surface area contributed by atoms with Gasteiger partial charge in [-0.2, -0.15) is 0 Å². The lowest BCUT2D eigenvalue weighted by molar-refractivity contribution is -0.259. The molecule has 0 aromatic heterocycles. The maximum atomic E-state index is 13.7. The van der Waals surface area contributed by atoms with E-state index < -0.39 is 59.4 Å². The second-order valence-corrected chi connectivity index (χ2v) is 11.2. The van der Waals surface area contributed by atoms with Gasteiger partial charge in [-0.1, -0.05) is 12.1 Å². The summed E-state index contributed by atoms with van der Waals surface area (Å²) in [5.41, 5.74) is -2.54. The predicted octanol–water partition coefficient (Wildman–Crippen LogP) is 1.85. The molecule has 12 heteroatoms. The molecule has 1 aliphatic heterocycles. The van der Waals surface area contributed by atoms with E-state index in [1.54, 1.807) is 13.0 Å². The number of nitrogens with zero attached hydrogens (tertiary/aromatic N) is 1. The van der Waals surface area contributed by atoms with Crippen LogP contribution in [0.15, 0.2) is 18.2 Å². The van der Waals surface area contributed by atoms with Gasteiger partial charge in [-0.05, 0) is 34.0 Å². The van der Waals surface area contributed by atoms with Crippen molar-refractivity contribution in [2.45, 2.75) is 75.5 Å². The molecule has 2 aromatic carbocycles. The number of likely N-dealkylation sites (N-methyl/N-ethyl adjacent to an activating group) is 1. The Balaban J connectivity index is 0.00000387. The van der Waals surface area contributed by atoms with E-state index in [1.807, 2.05) is 19.0 Å². The minimum atomic E-state index is -1.79. The number of fused-ring (bicyclic) bond motifs is 3. The van der Waals surface area contributed by atoms with Gasteiger partial charge in [0.1, 0.15) is 17.2 Å². The van der Waals surface area contributed by atoms with Crippen molar-refractivity contribution in [1.82, 2.24) is 4.90 Å². The zero-order chi connectivity index (χ0) is 29.3. The van der Waals surface area contributed by atoms with Gasteiger partial charge >= 0.3 is 0 Å². The van der Waals surface area contributed by atoms with Crippen LogP contribution in [0.1, 0.15) is 75.8 Å². The van der Waals surface area contributed by atoms with E-state index in [1.165, 1.54) is 26.2 Å². The van der Waals surface area contributed by atoms with Crippen LogP contribution in [0.25, 0.3) is 0 Å². The Bertz CT molecular complexity index is 1380. The highest BCUT2D eigenvalue weighted by Crippen LogP contribution is 2.53. The first kappa shape index (κ1) is 31.2. The second-order valence-electron chi connectivity index (χ2n) is 11.2. The molecule has 0 bridgehead atoms. The number of ether oxygens (including phenoxy) is 3. The number of aromatic hydroxyl groups is 2. The molecule has 1 saturated heterocycles. The molecule has 0 saturated carbocycles. The van der Waals surface area contributed by atoms with Gasteiger partial charge in [0.25, 0.3) is 0 Å². The SMILES string of the molecule is COc1cccc2c1C(=O)c1c(O)c3c(c(O)c1C2=O)C[C@@](O)(C(C)O)C[C@@H]3OC1CC(N(C)C)C(O)C(C)O1.Cl. The van der Waals surface area contributed by atoms with E-state index in [9.17, 15) is 35.1 Å². The first-order chi connectivity index (χ1) is 18.8. The highest BCUT2D eigenvalue weighted by molar-refractivity contribution is 6.31. The molecule has 11 nitrogen and oxygen atoms in total. The van der Waals surface area contributed by atoms with Gasteiger partial charge in [0.2, 0.25) is 5.78 Å². The van der Waals surface area contributed by atoms with Crippen molar-refractivity contribution in [2.24, 2.45) is 0 Å². The molecule has 0 radical (unpaired) electrons. The Morgan fingerprint density at radius 3 is 2.37 bits per heavy atom. The van der Waals surface area contributed by atoms with Crippen LogP contribution in [0, 0.1) is 0 Å². The van der Waals surface area contributed by atoms with Crippen LogP contribution in [0.5, 0.6) is 17.2 Å². The molecule has 1 fully saturated rings. The first-order valence-electron chi connectivity index (χ1n) is 13.2. The van der Waals surface area contributed by atoms with Crippen molar-refractivity contribution in [3.8, 4) is 17.2 Å². The van der Waals surface area contributed by atoms with Crippen molar-refractivity contribution in [3.05, 3.63) is 51.6 Å². The van der Waals surface area contributed by atoms with E-state index in [0.29, 0.717) is 0 Å². The molecule has 5 rings (SSSR count). The number of benzene rings is 2. The fourth-order valence-corrected chi connectivity index (χ4v) is 6.19. The topological polar surface area (TPSA) is 166 Å². The van der Waals surface area contributed by atoms with Crippen LogP contribution in [-0.2, 0) is 15.9 Å². The van der Waals surface area contributed by atoms with Crippen molar-refractivity contribution >= 4 is 24.0 Å². The van der Waals surface area contributed by atoms with E-state index in [-0.39, 0.29) is 76.8 Å². The lowest BCUT2D eigenvalue weighted by Crippen LogP contribution is -2.54. The van der Waals surface area contributed by atoms with Crippen molar-refractivity contribution in [3.63, 3.8) is 0 Å². The first-order valence-corrected chi connectivity index (χ1v) is 13.2. The molecular weight excluding hydrogens is 558 g/mol. The molecule has 5 unspecified atom stereocenters. The summed E-state index contributed by atoms with van der Waals surface area (Å²) in [6.45, 7) is 3.10. The van der Waals surface area contributed by atoms with Crippen molar-refractivity contribution in [2.75, 3.05) is 21.2 Å². The number of aliphatic hydroxyl groups is 3. The fraction of sp³-hybridized carbons (Fsp3) is 0.517. The molecule has 3 aliphatic rings. The Labute approximate surface area is 243 Å². The number of phenolic OH excluding ortho intramolecular Hbond substituents is 2. The summed E-state index contributed by atoms with van der Waals surface area (Å²) in [5.74, 6) is -2.36. The molecule has 5 N–H and O–H groups in total. The Hall–Kier alpha value is -2.77. The lowest BCUT2D eigenvalue weighted by Gasteiger charge is -2.45. The van der Waals surface area contributed by atoms with Gasteiger partial charge in [-0.3, -0.25) is 9.59 Å². The Morgan fingerprint density at radius 1 is 1.10 bits per heavy atom. The van der Waals surface area contributed by atoms with Crippen LogP contribution < -0.4 is 4.74 Å². The number of aliphatic hydroxyl groups excluding tert-OH is 2. The van der Waals surface area contributed by atoms with Gasteiger partial charge < -0.3 is 44.6 Å². The summed E-state index contributed by atoms with van der Waals surface area (Å²) in [6, 6.07) is 4.19. The average Bonchev–Trinajstić information content (AvgIpc) is 2.90. The number of hydrogen-bond donors (Lipinski definition) is 5. The maximum absolute atomic E-state index is 13.7. The third kappa shape index (κ3) is 4.89. The summed E-state index contributed by atoms with van der Waals surface area (Å²) in [4.78, 5) is 29.1. The Morgan fingerprint density at radius 2 is 1.76 bits per heavy atom. The number of methoxy groups -OCH3 is 1. The molecular formula is C29H36ClNO10. The van der Waals surface area contributed by atoms with Crippen molar-refractivity contribution in [1.29, 1.82) is 0 Å². The third-order valence-electron chi connectivity index (χ3n) is 8.54. The van der Waals surface area contributed by atoms with Gasteiger partial charge in [0, 0.05) is 42.0 Å². The lowest BCUT2D eigenvalue weighted by atomic mass is 9.71. The molecule has 224 valence electrons. The van der Waals surface area contributed by atoms with Crippen LogP contribution in [0.4, 0.5) is 0 Å². The number of rotatable bonds is 5. The molecule has 2 aliphatic carbocycles. The molecule has 2 aromatic rings.